The normalized spacial score (nSPS) is 11.2. The van der Waals surface area contributed by atoms with E-state index in [1.165, 1.54) is 6.08 Å². The van der Waals surface area contributed by atoms with Crippen LogP contribution in [0, 0.1) is 0 Å². The Bertz CT molecular complexity index is 780. The summed E-state index contributed by atoms with van der Waals surface area (Å²) in [5.41, 5.74) is 2.99. The topological polar surface area (TPSA) is 38.8 Å². The molecular formula is C23H26FNO3. The zero-order chi connectivity index (χ0) is 20.2. The summed E-state index contributed by atoms with van der Waals surface area (Å²) in [5.74, 6) is 0.621. The molecule has 0 bridgehead atoms. The zero-order valence-corrected chi connectivity index (χ0v) is 16.3. The second-order valence-electron chi connectivity index (χ2n) is 6.27. The number of nitrogens with zero attached hydrogens (tertiary/aromatic N) is 1. The summed E-state index contributed by atoms with van der Waals surface area (Å²) in [6.07, 6.45) is 6.64. The number of anilines is 1. The van der Waals surface area contributed by atoms with Crippen LogP contribution in [0.1, 0.15) is 11.1 Å². The van der Waals surface area contributed by atoms with Crippen LogP contribution in [-0.2, 0) is 9.53 Å². The molecule has 0 fully saturated rings. The smallest absolute Gasteiger partial charge is 0.178 e. The van der Waals surface area contributed by atoms with Gasteiger partial charge in [-0.15, -0.1) is 0 Å². The molecule has 0 atom stereocenters. The number of halogens is 1. The van der Waals surface area contributed by atoms with Gasteiger partial charge in [-0.05, 0) is 47.5 Å². The van der Waals surface area contributed by atoms with Crippen molar-refractivity contribution >= 4 is 23.6 Å². The zero-order valence-electron chi connectivity index (χ0n) is 16.3. The molecular weight excluding hydrogens is 357 g/mol. The molecule has 0 aromatic heterocycles. The first-order valence-electron chi connectivity index (χ1n) is 9.12. The van der Waals surface area contributed by atoms with Gasteiger partial charge in [-0.25, -0.2) is 4.39 Å². The van der Waals surface area contributed by atoms with Crippen LogP contribution >= 0.6 is 0 Å². The van der Waals surface area contributed by atoms with Crippen LogP contribution in [0.3, 0.4) is 0 Å². The number of benzene rings is 2. The van der Waals surface area contributed by atoms with Gasteiger partial charge in [0, 0.05) is 19.8 Å². The molecule has 0 amide bonds. The molecule has 0 radical (unpaired) electrons. The van der Waals surface area contributed by atoms with Crippen molar-refractivity contribution in [3.8, 4) is 5.75 Å². The number of carbonyl (C=O) groups excluding carboxylic acids is 1. The van der Waals surface area contributed by atoms with Crippen LogP contribution in [0.5, 0.6) is 5.75 Å². The van der Waals surface area contributed by atoms with Crippen molar-refractivity contribution in [3.05, 3.63) is 71.8 Å². The molecule has 0 N–H and O–H groups in total. The minimum absolute atomic E-state index is 0.0815. The lowest BCUT2D eigenvalue weighted by Gasteiger charge is -2.11. The Morgan fingerprint density at radius 1 is 0.893 bits per heavy atom. The third-order valence-corrected chi connectivity index (χ3v) is 3.89. The lowest BCUT2D eigenvalue weighted by Crippen LogP contribution is -2.08. The molecule has 0 aliphatic rings. The number of allylic oxidation sites excluding steroid dienone is 2. The van der Waals surface area contributed by atoms with E-state index in [1.807, 2.05) is 67.5 Å². The number of alkyl halides is 1. The molecule has 2 aromatic carbocycles. The van der Waals surface area contributed by atoms with Gasteiger partial charge in [-0.3, -0.25) is 4.79 Å². The number of ether oxygens (including phenoxy) is 2. The van der Waals surface area contributed by atoms with Gasteiger partial charge in [0.2, 0.25) is 0 Å². The molecule has 2 rings (SSSR count). The van der Waals surface area contributed by atoms with Gasteiger partial charge in [0.05, 0.1) is 13.2 Å². The van der Waals surface area contributed by atoms with Crippen molar-refractivity contribution in [2.75, 3.05) is 45.5 Å². The maximum atomic E-state index is 12.0. The Morgan fingerprint density at radius 2 is 1.46 bits per heavy atom. The lowest BCUT2D eigenvalue weighted by atomic mass is 10.1. The van der Waals surface area contributed by atoms with E-state index < -0.39 is 6.67 Å². The Balaban J connectivity index is 1.81. The van der Waals surface area contributed by atoms with Crippen LogP contribution in [0.25, 0.3) is 12.2 Å². The van der Waals surface area contributed by atoms with Gasteiger partial charge in [-0.1, -0.05) is 36.4 Å². The van der Waals surface area contributed by atoms with Gasteiger partial charge in [-0.2, -0.15) is 0 Å². The Labute approximate surface area is 165 Å². The van der Waals surface area contributed by atoms with Crippen LogP contribution in [0.15, 0.2) is 60.7 Å². The molecule has 5 heteroatoms. The minimum atomic E-state index is -0.488. The van der Waals surface area contributed by atoms with Crippen molar-refractivity contribution in [2.24, 2.45) is 0 Å². The van der Waals surface area contributed by atoms with E-state index in [1.54, 1.807) is 18.2 Å². The molecule has 28 heavy (non-hydrogen) atoms. The molecule has 148 valence electrons. The van der Waals surface area contributed by atoms with Gasteiger partial charge in [0.25, 0.3) is 0 Å². The highest BCUT2D eigenvalue weighted by Gasteiger charge is 1.97. The van der Waals surface area contributed by atoms with E-state index in [-0.39, 0.29) is 12.4 Å². The minimum Gasteiger partial charge on any atom is -0.491 e. The molecule has 0 heterocycles. The number of ketones is 1. The highest BCUT2D eigenvalue weighted by atomic mass is 19.1. The average molecular weight is 383 g/mol. The summed E-state index contributed by atoms with van der Waals surface area (Å²) in [7, 11) is 3.97. The third-order valence-electron chi connectivity index (χ3n) is 3.89. The maximum Gasteiger partial charge on any atom is 0.178 e. The molecule has 0 spiro atoms. The summed E-state index contributed by atoms with van der Waals surface area (Å²) in [6, 6.07) is 15.3. The molecule has 2 aromatic rings. The fourth-order valence-electron chi connectivity index (χ4n) is 2.35. The van der Waals surface area contributed by atoms with Crippen molar-refractivity contribution < 1.29 is 18.7 Å². The lowest BCUT2D eigenvalue weighted by molar-refractivity contribution is -0.110. The second kappa shape index (κ2) is 11.7. The first kappa shape index (κ1) is 21.4. The SMILES string of the molecule is CN(C)c1ccc(/C=C/C(=O)/C=C/c2ccc(OCCOCCF)cc2)cc1. The van der Waals surface area contributed by atoms with Crippen LogP contribution in [0.2, 0.25) is 0 Å². The Morgan fingerprint density at radius 3 is 2.00 bits per heavy atom. The quantitative estimate of drug-likeness (QED) is 0.426. The van der Waals surface area contributed by atoms with Crippen molar-refractivity contribution in [1.29, 1.82) is 0 Å². The summed E-state index contributed by atoms with van der Waals surface area (Å²) < 4.78 is 22.4. The number of carbonyl (C=O) groups is 1. The van der Waals surface area contributed by atoms with Crippen LogP contribution < -0.4 is 9.64 Å². The summed E-state index contributed by atoms with van der Waals surface area (Å²) >= 11 is 0. The van der Waals surface area contributed by atoms with E-state index in [4.69, 9.17) is 9.47 Å². The fourth-order valence-corrected chi connectivity index (χ4v) is 2.35. The predicted molar refractivity (Wildman–Crippen MR) is 113 cm³/mol. The van der Waals surface area contributed by atoms with Crippen LogP contribution in [0.4, 0.5) is 10.1 Å². The van der Waals surface area contributed by atoms with E-state index in [9.17, 15) is 9.18 Å². The van der Waals surface area contributed by atoms with Crippen LogP contribution in [-0.4, -0.2) is 46.4 Å². The maximum absolute atomic E-state index is 12.0. The number of hydrogen-bond donors (Lipinski definition) is 0. The van der Waals surface area contributed by atoms with Gasteiger partial charge in [0.15, 0.2) is 5.78 Å². The summed E-state index contributed by atoms with van der Waals surface area (Å²) in [4.78, 5) is 14.0. The molecule has 0 saturated heterocycles. The van der Waals surface area contributed by atoms with Gasteiger partial charge >= 0.3 is 0 Å². The van der Waals surface area contributed by atoms with Gasteiger partial charge in [0.1, 0.15) is 19.0 Å². The second-order valence-corrected chi connectivity index (χ2v) is 6.27. The molecule has 4 nitrogen and oxygen atoms in total. The highest BCUT2D eigenvalue weighted by molar-refractivity contribution is 6.04. The van der Waals surface area contributed by atoms with Gasteiger partial charge < -0.3 is 14.4 Å². The standard InChI is InChI=1S/C23H26FNO3/c1-25(2)21-9-3-19(4-10-21)5-11-22(26)12-6-20-7-13-23(14-8-20)28-18-17-27-16-15-24/h3-14H,15-18H2,1-2H3/b11-5+,12-6+. The Hall–Kier alpha value is -2.92. The monoisotopic (exact) mass is 383 g/mol. The van der Waals surface area contributed by atoms with E-state index >= 15 is 0 Å². The fraction of sp³-hybridized carbons (Fsp3) is 0.261. The number of hydrogen-bond acceptors (Lipinski definition) is 4. The third kappa shape index (κ3) is 7.76. The predicted octanol–water partition coefficient (Wildman–Crippen LogP) is 4.41. The van der Waals surface area contributed by atoms with Crippen molar-refractivity contribution in [1.82, 2.24) is 0 Å². The highest BCUT2D eigenvalue weighted by Crippen LogP contribution is 2.14. The average Bonchev–Trinajstić information content (AvgIpc) is 2.71. The number of rotatable bonds is 11. The molecule has 0 aliphatic heterocycles. The largest absolute Gasteiger partial charge is 0.491 e. The first-order chi connectivity index (χ1) is 13.6. The van der Waals surface area contributed by atoms with Crippen molar-refractivity contribution in [3.63, 3.8) is 0 Å². The van der Waals surface area contributed by atoms with E-state index in [2.05, 4.69) is 0 Å². The molecule has 0 saturated carbocycles. The molecule has 0 unspecified atom stereocenters. The van der Waals surface area contributed by atoms with E-state index in [0.717, 1.165) is 16.8 Å². The van der Waals surface area contributed by atoms with Crippen molar-refractivity contribution in [2.45, 2.75) is 0 Å². The Kier molecular flexibility index (Phi) is 8.95. The summed E-state index contributed by atoms with van der Waals surface area (Å²) in [6.45, 7) is 0.326. The summed E-state index contributed by atoms with van der Waals surface area (Å²) in [5, 5.41) is 0. The van der Waals surface area contributed by atoms with E-state index in [0.29, 0.717) is 19.0 Å². The molecule has 0 aliphatic carbocycles. The first-order valence-corrected chi connectivity index (χ1v) is 9.12.